The van der Waals surface area contributed by atoms with Crippen molar-refractivity contribution in [1.82, 2.24) is 15.1 Å². The summed E-state index contributed by atoms with van der Waals surface area (Å²) in [6.45, 7) is 3.48. The van der Waals surface area contributed by atoms with Crippen molar-refractivity contribution in [2.45, 2.75) is 37.3 Å². The highest BCUT2D eigenvalue weighted by Gasteiger charge is 2.40. The number of aryl methyl sites for hydroxylation is 1. The van der Waals surface area contributed by atoms with Crippen molar-refractivity contribution in [2.75, 3.05) is 26.4 Å². The van der Waals surface area contributed by atoms with E-state index in [9.17, 15) is 0 Å². The Bertz CT molecular complexity index is 413. The van der Waals surface area contributed by atoms with E-state index in [1.54, 1.807) is 0 Å². The summed E-state index contributed by atoms with van der Waals surface area (Å²) in [5.74, 6) is 0. The van der Waals surface area contributed by atoms with Gasteiger partial charge in [0.15, 0.2) is 0 Å². The quantitative estimate of drug-likeness (QED) is 0.878. The van der Waals surface area contributed by atoms with Crippen LogP contribution in [0.5, 0.6) is 0 Å². The number of ether oxygens (including phenoxy) is 2. The van der Waals surface area contributed by atoms with Crippen molar-refractivity contribution in [3.05, 3.63) is 18.0 Å². The third-order valence-electron chi connectivity index (χ3n) is 4.17. The fourth-order valence-corrected chi connectivity index (χ4v) is 3.09. The first kappa shape index (κ1) is 13.1. The summed E-state index contributed by atoms with van der Waals surface area (Å²) in [4.78, 5) is 0. The Labute approximate surface area is 114 Å². The van der Waals surface area contributed by atoms with E-state index in [0.717, 1.165) is 52.0 Å². The Morgan fingerprint density at radius 1 is 1.53 bits per heavy atom. The predicted octanol–water partition coefficient (Wildman–Crippen LogP) is 0.890. The van der Waals surface area contributed by atoms with Crippen LogP contribution in [0.15, 0.2) is 12.4 Å². The minimum atomic E-state index is 0.00419. The number of hydrogen-bond donors (Lipinski definition) is 1. The lowest BCUT2D eigenvalue weighted by Gasteiger charge is -2.37. The van der Waals surface area contributed by atoms with Crippen LogP contribution >= 0.6 is 0 Å². The highest BCUT2D eigenvalue weighted by Crippen LogP contribution is 2.32. The second kappa shape index (κ2) is 5.61. The second-order valence-electron chi connectivity index (χ2n) is 5.75. The lowest BCUT2D eigenvalue weighted by Crippen LogP contribution is -2.47. The van der Waals surface area contributed by atoms with Crippen LogP contribution in [0.25, 0.3) is 0 Å². The van der Waals surface area contributed by atoms with Crippen molar-refractivity contribution in [3.63, 3.8) is 0 Å². The molecule has 2 unspecified atom stereocenters. The van der Waals surface area contributed by atoms with Crippen LogP contribution in [0, 0.1) is 0 Å². The van der Waals surface area contributed by atoms with Gasteiger partial charge in [-0.1, -0.05) is 0 Å². The molecule has 3 rings (SSSR count). The minimum Gasteiger partial charge on any atom is -0.378 e. The van der Waals surface area contributed by atoms with Gasteiger partial charge in [0, 0.05) is 38.9 Å². The normalized spacial score (nSPS) is 31.1. The van der Waals surface area contributed by atoms with Gasteiger partial charge >= 0.3 is 0 Å². The maximum atomic E-state index is 5.95. The van der Waals surface area contributed by atoms with Crippen LogP contribution in [0.1, 0.15) is 24.8 Å². The maximum absolute atomic E-state index is 5.95. The Kier molecular flexibility index (Phi) is 3.86. The van der Waals surface area contributed by atoms with Crippen molar-refractivity contribution in [1.29, 1.82) is 0 Å². The minimum absolute atomic E-state index is 0.00419. The molecule has 2 fully saturated rings. The molecule has 2 aliphatic heterocycles. The fraction of sp³-hybridized carbons (Fsp3) is 0.786. The van der Waals surface area contributed by atoms with Gasteiger partial charge in [-0.25, -0.2) is 0 Å². The first-order chi connectivity index (χ1) is 9.26. The van der Waals surface area contributed by atoms with Gasteiger partial charge in [0.1, 0.15) is 0 Å². The monoisotopic (exact) mass is 265 g/mol. The first-order valence-electron chi connectivity index (χ1n) is 7.18. The average Bonchev–Trinajstić information content (AvgIpc) is 3.00. The van der Waals surface area contributed by atoms with Gasteiger partial charge in [-0.3, -0.25) is 4.68 Å². The molecule has 2 saturated heterocycles. The van der Waals surface area contributed by atoms with Crippen LogP contribution in [-0.4, -0.2) is 47.8 Å². The predicted molar refractivity (Wildman–Crippen MR) is 72.1 cm³/mol. The molecular weight excluding hydrogens is 242 g/mol. The molecule has 5 heteroatoms. The van der Waals surface area contributed by atoms with Gasteiger partial charge in [-0.2, -0.15) is 5.10 Å². The molecule has 1 aromatic rings. The van der Waals surface area contributed by atoms with Gasteiger partial charge in [0.25, 0.3) is 0 Å². The van der Waals surface area contributed by atoms with Crippen molar-refractivity contribution in [3.8, 4) is 0 Å². The SMILES string of the molecule is Cn1cc(CCNC2CCOC3(CCOC3)C2)cn1. The summed E-state index contributed by atoms with van der Waals surface area (Å²) in [5, 5.41) is 7.85. The van der Waals surface area contributed by atoms with Gasteiger partial charge in [0.2, 0.25) is 0 Å². The standard InChI is InChI=1S/C14H23N3O2/c1-17-10-12(9-16-17)2-5-15-13-3-6-19-14(8-13)4-7-18-11-14/h9-10,13,15H,2-8,11H2,1H3. The number of aromatic nitrogens is 2. The molecule has 0 amide bonds. The van der Waals surface area contributed by atoms with Gasteiger partial charge in [0.05, 0.1) is 18.4 Å². The fourth-order valence-electron chi connectivity index (χ4n) is 3.09. The molecule has 1 spiro atoms. The van der Waals surface area contributed by atoms with Crippen LogP contribution in [0.4, 0.5) is 0 Å². The summed E-state index contributed by atoms with van der Waals surface area (Å²) < 4.78 is 13.3. The van der Waals surface area contributed by atoms with E-state index in [1.807, 2.05) is 17.9 Å². The Morgan fingerprint density at radius 3 is 3.21 bits per heavy atom. The molecule has 0 radical (unpaired) electrons. The number of hydrogen-bond acceptors (Lipinski definition) is 4. The van der Waals surface area contributed by atoms with Crippen LogP contribution in [0.2, 0.25) is 0 Å². The summed E-state index contributed by atoms with van der Waals surface area (Å²) in [5.41, 5.74) is 1.30. The molecule has 106 valence electrons. The third-order valence-corrected chi connectivity index (χ3v) is 4.17. The number of nitrogens with one attached hydrogen (secondary N) is 1. The molecule has 0 aliphatic carbocycles. The van der Waals surface area contributed by atoms with E-state index in [-0.39, 0.29) is 5.60 Å². The maximum Gasteiger partial charge on any atom is 0.0951 e. The molecule has 2 aliphatic rings. The van der Waals surface area contributed by atoms with Crippen LogP contribution in [0.3, 0.4) is 0 Å². The Balaban J connectivity index is 1.45. The third kappa shape index (κ3) is 3.16. The summed E-state index contributed by atoms with van der Waals surface area (Å²) in [7, 11) is 1.96. The molecule has 0 aromatic carbocycles. The smallest absolute Gasteiger partial charge is 0.0951 e. The first-order valence-corrected chi connectivity index (χ1v) is 7.18. The van der Waals surface area contributed by atoms with E-state index >= 15 is 0 Å². The summed E-state index contributed by atoms with van der Waals surface area (Å²) >= 11 is 0. The van der Waals surface area contributed by atoms with E-state index in [0.29, 0.717) is 6.04 Å². The molecule has 19 heavy (non-hydrogen) atoms. The topological polar surface area (TPSA) is 48.3 Å². The van der Waals surface area contributed by atoms with E-state index in [4.69, 9.17) is 9.47 Å². The second-order valence-corrected chi connectivity index (χ2v) is 5.75. The summed E-state index contributed by atoms with van der Waals surface area (Å²) in [6.07, 6.45) is 8.30. The molecule has 0 bridgehead atoms. The lowest BCUT2D eigenvalue weighted by atomic mass is 9.89. The zero-order valence-electron chi connectivity index (χ0n) is 11.6. The number of rotatable bonds is 4. The molecule has 5 nitrogen and oxygen atoms in total. The highest BCUT2D eigenvalue weighted by molar-refractivity contribution is 5.04. The molecular formula is C14H23N3O2. The molecule has 1 N–H and O–H groups in total. The number of nitrogens with zero attached hydrogens (tertiary/aromatic N) is 2. The molecule has 1 aromatic heterocycles. The van der Waals surface area contributed by atoms with E-state index < -0.39 is 0 Å². The van der Waals surface area contributed by atoms with E-state index in [2.05, 4.69) is 16.6 Å². The van der Waals surface area contributed by atoms with Gasteiger partial charge in [-0.15, -0.1) is 0 Å². The molecule has 0 saturated carbocycles. The van der Waals surface area contributed by atoms with Gasteiger partial charge in [-0.05, 0) is 31.4 Å². The van der Waals surface area contributed by atoms with Crippen LogP contribution < -0.4 is 5.32 Å². The Morgan fingerprint density at radius 2 is 2.47 bits per heavy atom. The van der Waals surface area contributed by atoms with Crippen molar-refractivity contribution >= 4 is 0 Å². The lowest BCUT2D eigenvalue weighted by molar-refractivity contribution is -0.0891. The zero-order chi connectivity index (χ0) is 13.1. The molecule has 3 heterocycles. The van der Waals surface area contributed by atoms with Crippen LogP contribution in [-0.2, 0) is 22.9 Å². The summed E-state index contributed by atoms with van der Waals surface area (Å²) in [6, 6.07) is 0.562. The molecule has 2 atom stereocenters. The Hall–Kier alpha value is -0.910. The zero-order valence-corrected chi connectivity index (χ0v) is 11.6. The van der Waals surface area contributed by atoms with E-state index in [1.165, 1.54) is 5.56 Å². The van der Waals surface area contributed by atoms with Gasteiger partial charge < -0.3 is 14.8 Å². The van der Waals surface area contributed by atoms with Crippen molar-refractivity contribution < 1.29 is 9.47 Å². The van der Waals surface area contributed by atoms with Crippen molar-refractivity contribution in [2.24, 2.45) is 7.05 Å². The average molecular weight is 265 g/mol. The highest BCUT2D eigenvalue weighted by atomic mass is 16.6. The largest absolute Gasteiger partial charge is 0.378 e.